The van der Waals surface area contributed by atoms with Crippen LogP contribution in [0.4, 0.5) is 0 Å². The molecule has 88 valence electrons. The third kappa shape index (κ3) is 3.18. The maximum Gasteiger partial charge on any atom is 0.237 e. The van der Waals surface area contributed by atoms with Gasteiger partial charge in [0.1, 0.15) is 0 Å². The monoisotopic (exact) mass is 214 g/mol. The average molecular weight is 214 g/mol. The van der Waals surface area contributed by atoms with Crippen LogP contribution in [0.25, 0.3) is 0 Å². The van der Waals surface area contributed by atoms with Gasteiger partial charge in [-0.15, -0.1) is 0 Å². The summed E-state index contributed by atoms with van der Waals surface area (Å²) in [7, 11) is 0. The molecular formula is C11H22N2O2. The predicted octanol–water partition coefficient (Wildman–Crippen LogP) is 0.356. The first-order chi connectivity index (χ1) is 7.06. The number of nitrogens with one attached hydrogen (secondary N) is 1. The van der Waals surface area contributed by atoms with E-state index in [1.165, 1.54) is 0 Å². The standard InChI is InChI=1S/C11H22N2O2/c1-8(2)12-11(15)9(3)13-6-4-5-10(13)7-14/h8-10,14H,4-7H2,1-3H3,(H,12,15). The number of hydrogen-bond acceptors (Lipinski definition) is 3. The topological polar surface area (TPSA) is 52.6 Å². The molecule has 0 aromatic carbocycles. The van der Waals surface area contributed by atoms with Gasteiger partial charge < -0.3 is 10.4 Å². The molecule has 0 radical (unpaired) electrons. The molecule has 0 spiro atoms. The van der Waals surface area contributed by atoms with Gasteiger partial charge >= 0.3 is 0 Å². The summed E-state index contributed by atoms with van der Waals surface area (Å²) >= 11 is 0. The Bertz CT molecular complexity index is 219. The minimum Gasteiger partial charge on any atom is -0.395 e. The summed E-state index contributed by atoms with van der Waals surface area (Å²) < 4.78 is 0. The van der Waals surface area contributed by atoms with Crippen LogP contribution in [0.15, 0.2) is 0 Å². The van der Waals surface area contributed by atoms with Gasteiger partial charge in [0.05, 0.1) is 12.6 Å². The van der Waals surface area contributed by atoms with E-state index in [1.807, 2.05) is 20.8 Å². The highest BCUT2D eigenvalue weighted by atomic mass is 16.3. The molecule has 2 unspecified atom stereocenters. The fourth-order valence-corrected chi connectivity index (χ4v) is 2.12. The maximum atomic E-state index is 11.8. The first-order valence-corrected chi connectivity index (χ1v) is 5.73. The SMILES string of the molecule is CC(C)NC(=O)C(C)N1CCCC1CO. The van der Waals surface area contributed by atoms with Crippen LogP contribution in [0.2, 0.25) is 0 Å². The van der Waals surface area contributed by atoms with Gasteiger partial charge in [-0.2, -0.15) is 0 Å². The minimum atomic E-state index is -0.132. The molecule has 1 amide bonds. The number of likely N-dealkylation sites (tertiary alicyclic amines) is 1. The van der Waals surface area contributed by atoms with Gasteiger partial charge in [0.15, 0.2) is 0 Å². The van der Waals surface area contributed by atoms with Gasteiger partial charge in [-0.25, -0.2) is 0 Å². The summed E-state index contributed by atoms with van der Waals surface area (Å²) in [6.07, 6.45) is 2.07. The molecule has 2 N–H and O–H groups in total. The number of aliphatic hydroxyl groups is 1. The fourth-order valence-electron chi connectivity index (χ4n) is 2.12. The van der Waals surface area contributed by atoms with Gasteiger partial charge in [-0.1, -0.05) is 0 Å². The Balaban J connectivity index is 2.51. The van der Waals surface area contributed by atoms with E-state index >= 15 is 0 Å². The number of hydrogen-bond donors (Lipinski definition) is 2. The zero-order valence-corrected chi connectivity index (χ0v) is 9.86. The van der Waals surface area contributed by atoms with Crippen molar-refractivity contribution in [2.45, 2.75) is 51.7 Å². The Morgan fingerprint density at radius 3 is 2.73 bits per heavy atom. The smallest absolute Gasteiger partial charge is 0.237 e. The zero-order valence-electron chi connectivity index (χ0n) is 9.86. The second-order valence-corrected chi connectivity index (χ2v) is 4.56. The molecule has 0 aromatic rings. The molecule has 1 aliphatic heterocycles. The molecular weight excluding hydrogens is 192 g/mol. The molecule has 2 atom stereocenters. The Labute approximate surface area is 91.6 Å². The zero-order chi connectivity index (χ0) is 11.4. The average Bonchev–Trinajstić information content (AvgIpc) is 2.62. The molecule has 4 heteroatoms. The molecule has 1 heterocycles. The van der Waals surface area contributed by atoms with Crippen molar-refractivity contribution in [1.82, 2.24) is 10.2 Å². The summed E-state index contributed by atoms with van der Waals surface area (Å²) in [5.74, 6) is 0.0605. The number of aliphatic hydroxyl groups excluding tert-OH is 1. The lowest BCUT2D eigenvalue weighted by Crippen LogP contribution is -2.49. The third-order valence-electron chi connectivity index (χ3n) is 2.94. The number of rotatable bonds is 4. The Morgan fingerprint density at radius 1 is 1.53 bits per heavy atom. The molecule has 0 saturated carbocycles. The van der Waals surface area contributed by atoms with E-state index in [-0.39, 0.29) is 30.6 Å². The summed E-state index contributed by atoms with van der Waals surface area (Å²) in [5.41, 5.74) is 0. The quantitative estimate of drug-likeness (QED) is 0.710. The lowest BCUT2D eigenvalue weighted by Gasteiger charge is -2.29. The van der Waals surface area contributed by atoms with Crippen molar-refractivity contribution in [3.63, 3.8) is 0 Å². The second-order valence-electron chi connectivity index (χ2n) is 4.56. The molecule has 1 aliphatic rings. The largest absolute Gasteiger partial charge is 0.395 e. The highest BCUT2D eigenvalue weighted by molar-refractivity contribution is 5.81. The predicted molar refractivity (Wildman–Crippen MR) is 59.6 cm³/mol. The second kappa shape index (κ2) is 5.47. The molecule has 15 heavy (non-hydrogen) atoms. The lowest BCUT2D eigenvalue weighted by molar-refractivity contribution is -0.126. The number of carbonyl (C=O) groups excluding carboxylic acids is 1. The van der Waals surface area contributed by atoms with Crippen LogP contribution < -0.4 is 5.32 Å². The minimum absolute atomic E-state index is 0.0605. The van der Waals surface area contributed by atoms with E-state index in [0.29, 0.717) is 0 Å². The van der Waals surface area contributed by atoms with Crippen LogP contribution in [0.1, 0.15) is 33.6 Å². The van der Waals surface area contributed by atoms with Crippen LogP contribution >= 0.6 is 0 Å². The van der Waals surface area contributed by atoms with Gasteiger partial charge in [-0.3, -0.25) is 9.69 Å². The van der Waals surface area contributed by atoms with Crippen molar-refractivity contribution in [3.05, 3.63) is 0 Å². The van der Waals surface area contributed by atoms with Gasteiger partial charge in [0.25, 0.3) is 0 Å². The molecule has 0 aromatic heterocycles. The highest BCUT2D eigenvalue weighted by Gasteiger charge is 2.31. The molecule has 0 aliphatic carbocycles. The van der Waals surface area contributed by atoms with E-state index in [1.54, 1.807) is 0 Å². The van der Waals surface area contributed by atoms with E-state index in [2.05, 4.69) is 10.2 Å². The fraction of sp³-hybridized carbons (Fsp3) is 0.909. The van der Waals surface area contributed by atoms with Crippen LogP contribution in [-0.2, 0) is 4.79 Å². The van der Waals surface area contributed by atoms with Crippen molar-refractivity contribution in [2.24, 2.45) is 0 Å². The van der Waals surface area contributed by atoms with Crippen LogP contribution in [0, 0.1) is 0 Å². The number of carbonyl (C=O) groups is 1. The van der Waals surface area contributed by atoms with E-state index in [9.17, 15) is 9.90 Å². The van der Waals surface area contributed by atoms with Crippen molar-refractivity contribution < 1.29 is 9.90 Å². The van der Waals surface area contributed by atoms with E-state index < -0.39 is 0 Å². The van der Waals surface area contributed by atoms with E-state index in [4.69, 9.17) is 0 Å². The third-order valence-corrected chi connectivity index (χ3v) is 2.94. The van der Waals surface area contributed by atoms with Crippen LogP contribution in [-0.4, -0.2) is 47.2 Å². The molecule has 1 saturated heterocycles. The molecule has 1 rings (SSSR count). The van der Waals surface area contributed by atoms with Gasteiger partial charge in [0, 0.05) is 12.1 Å². The van der Waals surface area contributed by atoms with Crippen molar-refractivity contribution in [1.29, 1.82) is 0 Å². The van der Waals surface area contributed by atoms with Crippen LogP contribution in [0.5, 0.6) is 0 Å². The number of amides is 1. The van der Waals surface area contributed by atoms with E-state index in [0.717, 1.165) is 19.4 Å². The lowest BCUT2D eigenvalue weighted by atomic mass is 10.2. The Morgan fingerprint density at radius 2 is 2.20 bits per heavy atom. The molecule has 1 fully saturated rings. The normalized spacial score (nSPS) is 24.5. The van der Waals surface area contributed by atoms with Crippen molar-refractivity contribution in [3.8, 4) is 0 Å². The Hall–Kier alpha value is -0.610. The summed E-state index contributed by atoms with van der Waals surface area (Å²) in [4.78, 5) is 13.9. The van der Waals surface area contributed by atoms with Crippen molar-refractivity contribution >= 4 is 5.91 Å². The maximum absolute atomic E-state index is 11.8. The van der Waals surface area contributed by atoms with Crippen LogP contribution in [0.3, 0.4) is 0 Å². The number of nitrogens with zero attached hydrogens (tertiary/aromatic N) is 1. The molecule has 4 nitrogen and oxygen atoms in total. The summed E-state index contributed by atoms with van der Waals surface area (Å²) in [5, 5.41) is 12.1. The Kier molecular flexibility index (Phi) is 4.54. The first kappa shape index (κ1) is 12.5. The van der Waals surface area contributed by atoms with Gasteiger partial charge in [0.2, 0.25) is 5.91 Å². The van der Waals surface area contributed by atoms with Gasteiger partial charge in [-0.05, 0) is 40.2 Å². The summed E-state index contributed by atoms with van der Waals surface area (Å²) in [6, 6.07) is 0.208. The van der Waals surface area contributed by atoms with Crippen molar-refractivity contribution in [2.75, 3.05) is 13.2 Å². The summed E-state index contributed by atoms with van der Waals surface area (Å²) in [6.45, 7) is 6.89. The highest BCUT2D eigenvalue weighted by Crippen LogP contribution is 2.19. The first-order valence-electron chi connectivity index (χ1n) is 5.73. The molecule has 0 bridgehead atoms.